The molecule has 0 amide bonds. The summed E-state index contributed by atoms with van der Waals surface area (Å²) in [4.78, 5) is 24.6. The first-order chi connectivity index (χ1) is 18.7. The Hall–Kier alpha value is -4.68. The van der Waals surface area contributed by atoms with E-state index < -0.39 is 0 Å². The summed E-state index contributed by atoms with van der Waals surface area (Å²) in [5, 5.41) is 17.5. The van der Waals surface area contributed by atoms with Gasteiger partial charge in [-0.2, -0.15) is 0 Å². The van der Waals surface area contributed by atoms with E-state index in [1.54, 1.807) is 59.2 Å². The minimum Gasteiger partial charge on any atom is -0.493 e. The van der Waals surface area contributed by atoms with Crippen LogP contribution in [0.25, 0.3) is 12.2 Å². The second-order valence-corrected chi connectivity index (χ2v) is 8.19. The molecule has 0 aliphatic rings. The predicted octanol–water partition coefficient (Wildman–Crippen LogP) is -0.370. The first-order valence-corrected chi connectivity index (χ1v) is 12.1. The van der Waals surface area contributed by atoms with Gasteiger partial charge in [-0.3, -0.25) is 20.2 Å². The van der Waals surface area contributed by atoms with Crippen molar-refractivity contribution in [3.05, 3.63) is 59.7 Å². The molecule has 12 heteroatoms. The summed E-state index contributed by atoms with van der Waals surface area (Å²) in [6.07, 6.45) is 5.63. The van der Waals surface area contributed by atoms with Crippen molar-refractivity contribution in [2.75, 3.05) is 40.5 Å². The molecular weight excluding hydrogens is 504 g/mol. The third-order valence-corrected chi connectivity index (χ3v) is 5.13. The Balaban J connectivity index is 1.90. The van der Waals surface area contributed by atoms with Crippen molar-refractivity contribution < 1.29 is 39.2 Å². The SMILES string of the molecule is COc1cc(/C=C/C(=O)CC(=O)/C=C/c2ccc(OCC[NH2+]C(=N)N)c(OC)c2)ccc1OCC[NH2+]C(=N)N. The summed E-state index contributed by atoms with van der Waals surface area (Å²) >= 11 is 0. The largest absolute Gasteiger partial charge is 0.493 e. The van der Waals surface area contributed by atoms with E-state index in [-0.39, 0.29) is 29.9 Å². The molecule has 0 bridgehead atoms. The Labute approximate surface area is 227 Å². The molecule has 2 aromatic rings. The number of methoxy groups -OCH3 is 2. The molecule has 0 aliphatic heterocycles. The number of carbonyl (C=O) groups excluding carboxylic acids is 2. The van der Waals surface area contributed by atoms with Crippen LogP contribution in [0.4, 0.5) is 0 Å². The molecule has 0 aliphatic carbocycles. The van der Waals surface area contributed by atoms with Crippen molar-refractivity contribution in [2.45, 2.75) is 6.42 Å². The molecule has 208 valence electrons. The van der Waals surface area contributed by atoms with Gasteiger partial charge in [0.25, 0.3) is 11.9 Å². The molecular formula is C27H36N6O6+2. The molecule has 0 aromatic heterocycles. The Morgan fingerprint density at radius 1 is 0.744 bits per heavy atom. The van der Waals surface area contributed by atoms with Crippen LogP contribution in [0.5, 0.6) is 23.0 Å². The van der Waals surface area contributed by atoms with Crippen LogP contribution in [0.15, 0.2) is 48.6 Å². The summed E-state index contributed by atoms with van der Waals surface area (Å²) in [6.45, 7) is 1.66. The van der Waals surface area contributed by atoms with E-state index in [4.69, 9.17) is 41.2 Å². The van der Waals surface area contributed by atoms with Gasteiger partial charge in [0.2, 0.25) is 0 Å². The fourth-order valence-corrected chi connectivity index (χ4v) is 3.25. The van der Waals surface area contributed by atoms with Crippen LogP contribution >= 0.6 is 0 Å². The van der Waals surface area contributed by atoms with Crippen LogP contribution in [-0.2, 0) is 9.59 Å². The highest BCUT2D eigenvalue weighted by atomic mass is 16.5. The minimum atomic E-state index is -0.340. The standard InChI is InChI=1S/C27H34N6O6/c1-36-24-15-18(5-9-22(24)38-13-11-32-26(28)29)3-7-20(34)17-21(35)8-4-19-6-10-23(25(16-19)37-2)39-14-12-33-27(30)31/h3-10,15-16H,11-14,17H2,1-2H3,(H4,28,29,32)(H4,30,31,33)/p+2/b7-3+,8-4+. The maximum absolute atomic E-state index is 12.3. The average molecular weight is 541 g/mol. The number of guanidine groups is 2. The molecule has 0 atom stereocenters. The van der Waals surface area contributed by atoms with Crippen molar-refractivity contribution >= 4 is 35.6 Å². The van der Waals surface area contributed by atoms with Gasteiger partial charge in [-0.05, 0) is 47.5 Å². The van der Waals surface area contributed by atoms with Gasteiger partial charge in [-0.1, -0.05) is 24.3 Å². The van der Waals surface area contributed by atoms with Gasteiger partial charge in [0.05, 0.1) is 20.6 Å². The number of benzene rings is 2. The second-order valence-electron chi connectivity index (χ2n) is 8.19. The lowest BCUT2D eigenvalue weighted by Crippen LogP contribution is -2.91. The molecule has 2 aromatic carbocycles. The quantitative estimate of drug-likeness (QED) is 0.0543. The van der Waals surface area contributed by atoms with Gasteiger partial charge in [-0.15, -0.1) is 0 Å². The van der Waals surface area contributed by atoms with E-state index in [1.165, 1.54) is 26.4 Å². The van der Waals surface area contributed by atoms with E-state index in [9.17, 15) is 9.59 Å². The highest BCUT2D eigenvalue weighted by molar-refractivity contribution is 6.10. The van der Waals surface area contributed by atoms with Gasteiger partial charge in [0.15, 0.2) is 34.6 Å². The van der Waals surface area contributed by atoms with Crippen molar-refractivity contribution in [3.63, 3.8) is 0 Å². The van der Waals surface area contributed by atoms with E-state index in [0.29, 0.717) is 60.4 Å². The van der Waals surface area contributed by atoms with Crippen molar-refractivity contribution in [1.82, 2.24) is 0 Å². The molecule has 2 rings (SSSR count). The van der Waals surface area contributed by atoms with Crippen LogP contribution in [0.3, 0.4) is 0 Å². The summed E-state index contributed by atoms with van der Waals surface area (Å²) in [6, 6.07) is 10.4. The summed E-state index contributed by atoms with van der Waals surface area (Å²) in [5.74, 6) is 1.34. The van der Waals surface area contributed by atoms with Crippen LogP contribution in [0.2, 0.25) is 0 Å². The molecule has 0 spiro atoms. The number of quaternary nitrogens is 2. The van der Waals surface area contributed by atoms with E-state index in [2.05, 4.69) is 0 Å². The summed E-state index contributed by atoms with van der Waals surface area (Å²) in [7, 11) is 3.03. The molecule has 0 saturated carbocycles. The third-order valence-electron chi connectivity index (χ3n) is 5.13. The Morgan fingerprint density at radius 2 is 1.15 bits per heavy atom. The Kier molecular flexibility index (Phi) is 12.7. The molecule has 0 heterocycles. The highest BCUT2D eigenvalue weighted by Gasteiger charge is 2.09. The maximum Gasteiger partial charge on any atom is 0.288 e. The lowest BCUT2D eigenvalue weighted by Gasteiger charge is -2.10. The maximum atomic E-state index is 12.3. The second kappa shape index (κ2) is 16.2. The number of carbonyl (C=O) groups is 2. The molecule has 39 heavy (non-hydrogen) atoms. The molecule has 0 fully saturated rings. The highest BCUT2D eigenvalue weighted by Crippen LogP contribution is 2.29. The number of ether oxygens (including phenoxy) is 4. The van der Waals surface area contributed by atoms with Gasteiger partial charge in [-0.25, -0.2) is 10.8 Å². The van der Waals surface area contributed by atoms with Crippen molar-refractivity contribution in [1.29, 1.82) is 10.8 Å². The van der Waals surface area contributed by atoms with Crippen LogP contribution < -0.4 is 41.0 Å². The van der Waals surface area contributed by atoms with Gasteiger partial charge in [0.1, 0.15) is 26.3 Å². The monoisotopic (exact) mass is 540 g/mol. The molecule has 0 saturated heterocycles. The summed E-state index contributed by atoms with van der Waals surface area (Å²) < 4.78 is 22.0. The third kappa shape index (κ3) is 11.5. The molecule has 0 radical (unpaired) electrons. The predicted molar refractivity (Wildman–Crippen MR) is 147 cm³/mol. The fourth-order valence-electron chi connectivity index (χ4n) is 3.25. The zero-order chi connectivity index (χ0) is 28.6. The number of allylic oxidation sites excluding steroid dienone is 2. The zero-order valence-corrected chi connectivity index (χ0v) is 22.1. The normalized spacial score (nSPS) is 10.9. The van der Waals surface area contributed by atoms with Gasteiger partial charge < -0.3 is 30.4 Å². The van der Waals surface area contributed by atoms with Crippen molar-refractivity contribution in [2.24, 2.45) is 11.5 Å². The average Bonchev–Trinajstić information content (AvgIpc) is 2.91. The Bertz CT molecular complexity index is 1130. The number of nitrogens with two attached hydrogens (primary N) is 4. The molecule has 10 N–H and O–H groups in total. The molecule has 12 nitrogen and oxygen atoms in total. The van der Waals surface area contributed by atoms with Gasteiger partial charge in [0, 0.05) is 0 Å². The van der Waals surface area contributed by atoms with Crippen molar-refractivity contribution in [3.8, 4) is 23.0 Å². The first-order valence-electron chi connectivity index (χ1n) is 12.1. The number of hydrogen-bond acceptors (Lipinski definition) is 8. The van der Waals surface area contributed by atoms with E-state index in [1.807, 2.05) is 0 Å². The fraction of sp³-hybridized carbons (Fsp3) is 0.259. The zero-order valence-electron chi connectivity index (χ0n) is 22.1. The minimum absolute atomic E-state index is 0.0116. The number of ketones is 2. The number of hydrogen-bond donors (Lipinski definition) is 6. The topological polar surface area (TPSA) is 204 Å². The number of rotatable bonds is 16. The summed E-state index contributed by atoms with van der Waals surface area (Å²) in [5.41, 5.74) is 12.0. The van der Waals surface area contributed by atoms with Gasteiger partial charge >= 0.3 is 0 Å². The lowest BCUT2D eigenvalue weighted by atomic mass is 10.1. The first kappa shape index (κ1) is 30.5. The lowest BCUT2D eigenvalue weighted by molar-refractivity contribution is -0.544. The smallest absolute Gasteiger partial charge is 0.288 e. The molecule has 0 unspecified atom stereocenters. The van der Waals surface area contributed by atoms with Crippen LogP contribution in [-0.4, -0.2) is 64.0 Å². The number of nitrogens with one attached hydrogen (secondary N) is 2. The van der Waals surface area contributed by atoms with Crippen LogP contribution in [0.1, 0.15) is 17.5 Å². The van der Waals surface area contributed by atoms with E-state index >= 15 is 0 Å². The van der Waals surface area contributed by atoms with Crippen LogP contribution in [0, 0.1) is 10.8 Å². The Morgan fingerprint density at radius 3 is 1.51 bits per heavy atom. The van der Waals surface area contributed by atoms with E-state index in [0.717, 1.165) is 0 Å².